The number of aromatic nitrogens is 2. The number of hydrogen-bond donors (Lipinski definition) is 1. The maximum absolute atomic E-state index is 13.1. The third-order valence-electron chi connectivity index (χ3n) is 4.46. The Morgan fingerprint density at radius 3 is 2.69 bits per heavy atom. The number of alkyl halides is 3. The van der Waals surface area contributed by atoms with E-state index in [-0.39, 0.29) is 5.02 Å². The van der Waals surface area contributed by atoms with Gasteiger partial charge in [0.2, 0.25) is 0 Å². The van der Waals surface area contributed by atoms with Crippen LogP contribution < -0.4 is 5.32 Å². The summed E-state index contributed by atoms with van der Waals surface area (Å²) in [5.74, 6) is 1.14. The lowest BCUT2D eigenvalue weighted by atomic mass is 9.97. The molecule has 0 saturated heterocycles. The minimum absolute atomic E-state index is 0.303. The Morgan fingerprint density at radius 2 is 1.92 bits per heavy atom. The third-order valence-corrected chi connectivity index (χ3v) is 5.98. The van der Waals surface area contributed by atoms with E-state index in [2.05, 4.69) is 15.3 Å². The summed E-state index contributed by atoms with van der Waals surface area (Å²) in [4.78, 5) is 11.2. The number of fused-ring (bicyclic) bond motifs is 3. The monoisotopic (exact) mass is 397 g/mol. The van der Waals surface area contributed by atoms with Gasteiger partial charge in [0.1, 0.15) is 16.5 Å². The lowest BCUT2D eigenvalue weighted by Gasteiger charge is -2.14. The fraction of sp³-hybridized carbons (Fsp3) is 0.333. The first kappa shape index (κ1) is 17.5. The molecule has 0 fully saturated rings. The number of thiophene rings is 1. The van der Waals surface area contributed by atoms with Crippen LogP contribution in [-0.4, -0.2) is 9.97 Å². The Labute approximate surface area is 157 Å². The van der Waals surface area contributed by atoms with Gasteiger partial charge in [-0.25, -0.2) is 9.97 Å². The summed E-state index contributed by atoms with van der Waals surface area (Å²) in [6, 6.07) is 3.80. The van der Waals surface area contributed by atoms with Crippen LogP contribution in [0.1, 0.15) is 34.7 Å². The highest BCUT2D eigenvalue weighted by molar-refractivity contribution is 7.19. The SMILES string of the molecule is Cc1nc(Nc2ccc(Cl)c(C(F)(F)F)c2)c2c3c(sc2n1)CCCC3. The van der Waals surface area contributed by atoms with Crippen LogP contribution in [0.3, 0.4) is 0 Å². The van der Waals surface area contributed by atoms with Gasteiger partial charge in [0.05, 0.1) is 16.0 Å². The molecule has 0 aliphatic heterocycles. The van der Waals surface area contributed by atoms with Crippen molar-refractivity contribution in [1.29, 1.82) is 0 Å². The molecule has 2 aromatic heterocycles. The molecule has 0 unspecified atom stereocenters. The van der Waals surface area contributed by atoms with Gasteiger partial charge in [0.15, 0.2) is 0 Å². The van der Waals surface area contributed by atoms with Crippen LogP contribution in [0.5, 0.6) is 0 Å². The van der Waals surface area contributed by atoms with Gasteiger partial charge in [-0.3, -0.25) is 0 Å². The second-order valence-electron chi connectivity index (χ2n) is 6.33. The molecule has 0 radical (unpaired) electrons. The van der Waals surface area contributed by atoms with Gasteiger partial charge >= 0.3 is 6.18 Å². The molecule has 0 bridgehead atoms. The summed E-state index contributed by atoms with van der Waals surface area (Å²) in [5, 5.41) is 3.67. The summed E-state index contributed by atoms with van der Waals surface area (Å²) < 4.78 is 39.4. The molecule has 3 aromatic rings. The van der Waals surface area contributed by atoms with Crippen molar-refractivity contribution in [2.45, 2.75) is 38.8 Å². The van der Waals surface area contributed by atoms with Gasteiger partial charge in [-0.2, -0.15) is 13.2 Å². The Balaban J connectivity index is 1.82. The smallest absolute Gasteiger partial charge is 0.340 e. The van der Waals surface area contributed by atoms with Crippen molar-refractivity contribution < 1.29 is 13.2 Å². The molecule has 1 aliphatic rings. The highest BCUT2D eigenvalue weighted by atomic mass is 35.5. The molecule has 3 nitrogen and oxygen atoms in total. The molecule has 136 valence electrons. The van der Waals surface area contributed by atoms with Crippen LogP contribution >= 0.6 is 22.9 Å². The minimum Gasteiger partial charge on any atom is -0.340 e. The van der Waals surface area contributed by atoms with Crippen molar-refractivity contribution in [2.75, 3.05) is 5.32 Å². The van der Waals surface area contributed by atoms with Gasteiger partial charge < -0.3 is 5.32 Å². The first-order valence-corrected chi connectivity index (χ1v) is 9.45. The molecule has 1 N–H and O–H groups in total. The molecule has 2 heterocycles. The lowest BCUT2D eigenvalue weighted by Crippen LogP contribution is -2.07. The Morgan fingerprint density at radius 1 is 1.15 bits per heavy atom. The standard InChI is InChI=1S/C18H15ClF3N3S/c1-9-23-16(15-11-4-2-3-5-14(11)26-17(15)24-9)25-10-6-7-13(19)12(8-10)18(20,21)22/h6-8H,2-5H2,1H3,(H,23,24,25). The molecular weight excluding hydrogens is 383 g/mol. The number of hydrogen-bond acceptors (Lipinski definition) is 4. The molecule has 0 amide bonds. The van der Waals surface area contributed by atoms with Crippen LogP contribution in [0, 0.1) is 6.92 Å². The second-order valence-corrected chi connectivity index (χ2v) is 7.82. The second kappa shape index (κ2) is 6.39. The summed E-state index contributed by atoms with van der Waals surface area (Å²) in [6.07, 6.45) is -0.279. The van der Waals surface area contributed by atoms with Crippen LogP contribution in [0.25, 0.3) is 10.2 Å². The van der Waals surface area contributed by atoms with Crippen molar-refractivity contribution in [2.24, 2.45) is 0 Å². The van der Waals surface area contributed by atoms with Gasteiger partial charge in [-0.15, -0.1) is 11.3 Å². The third kappa shape index (κ3) is 3.14. The van der Waals surface area contributed by atoms with Crippen molar-refractivity contribution in [3.05, 3.63) is 45.1 Å². The van der Waals surface area contributed by atoms with E-state index in [9.17, 15) is 13.2 Å². The van der Waals surface area contributed by atoms with Gasteiger partial charge in [-0.1, -0.05) is 11.6 Å². The number of benzene rings is 1. The van der Waals surface area contributed by atoms with Crippen molar-refractivity contribution in [1.82, 2.24) is 9.97 Å². The van der Waals surface area contributed by atoms with Crippen LogP contribution in [0.2, 0.25) is 5.02 Å². The lowest BCUT2D eigenvalue weighted by molar-refractivity contribution is -0.137. The number of nitrogens with zero attached hydrogens (tertiary/aromatic N) is 2. The highest BCUT2D eigenvalue weighted by Crippen LogP contribution is 2.40. The first-order chi connectivity index (χ1) is 12.3. The van der Waals surface area contributed by atoms with E-state index in [4.69, 9.17) is 11.6 Å². The molecule has 0 atom stereocenters. The maximum atomic E-state index is 13.1. The Bertz CT molecular complexity index is 997. The topological polar surface area (TPSA) is 37.8 Å². The molecule has 1 aromatic carbocycles. The van der Waals surface area contributed by atoms with E-state index in [0.29, 0.717) is 17.3 Å². The van der Waals surface area contributed by atoms with E-state index < -0.39 is 11.7 Å². The number of rotatable bonds is 2. The van der Waals surface area contributed by atoms with E-state index in [1.165, 1.54) is 22.6 Å². The van der Waals surface area contributed by atoms with Crippen LogP contribution in [0.15, 0.2) is 18.2 Å². The largest absolute Gasteiger partial charge is 0.417 e. The quantitative estimate of drug-likeness (QED) is 0.551. The summed E-state index contributed by atoms with van der Waals surface area (Å²) >= 11 is 7.37. The molecule has 0 spiro atoms. The summed E-state index contributed by atoms with van der Waals surface area (Å²) in [5.41, 5.74) is 0.666. The van der Waals surface area contributed by atoms with Crippen molar-refractivity contribution in [3.8, 4) is 0 Å². The fourth-order valence-electron chi connectivity index (χ4n) is 3.31. The Kier molecular flexibility index (Phi) is 4.31. The maximum Gasteiger partial charge on any atom is 0.417 e. The number of nitrogens with one attached hydrogen (secondary N) is 1. The first-order valence-electron chi connectivity index (χ1n) is 8.25. The summed E-state index contributed by atoms with van der Waals surface area (Å²) in [7, 11) is 0. The van der Waals surface area contributed by atoms with E-state index in [0.717, 1.165) is 42.0 Å². The predicted octanol–water partition coefficient (Wildman–Crippen LogP) is 6.29. The van der Waals surface area contributed by atoms with Gasteiger partial charge in [-0.05, 0) is 56.4 Å². The van der Waals surface area contributed by atoms with Gasteiger partial charge in [0, 0.05) is 10.6 Å². The van der Waals surface area contributed by atoms with E-state index >= 15 is 0 Å². The van der Waals surface area contributed by atoms with E-state index in [1.807, 2.05) is 0 Å². The molecule has 8 heteroatoms. The normalized spacial score (nSPS) is 14.5. The minimum atomic E-state index is -4.51. The Hall–Kier alpha value is -1.86. The van der Waals surface area contributed by atoms with Crippen LogP contribution in [-0.2, 0) is 19.0 Å². The molecular formula is C18H15ClF3N3S. The van der Waals surface area contributed by atoms with Crippen molar-refractivity contribution in [3.63, 3.8) is 0 Å². The average molecular weight is 398 g/mol. The zero-order chi connectivity index (χ0) is 18.5. The zero-order valence-corrected chi connectivity index (χ0v) is 15.4. The summed E-state index contributed by atoms with van der Waals surface area (Å²) in [6.45, 7) is 1.78. The highest BCUT2D eigenvalue weighted by Gasteiger charge is 2.33. The number of halogens is 4. The molecule has 4 rings (SSSR count). The number of aryl methyl sites for hydroxylation is 3. The molecule has 26 heavy (non-hydrogen) atoms. The zero-order valence-electron chi connectivity index (χ0n) is 13.9. The predicted molar refractivity (Wildman–Crippen MR) is 98.5 cm³/mol. The number of anilines is 2. The molecule has 1 aliphatic carbocycles. The van der Waals surface area contributed by atoms with Crippen molar-refractivity contribution >= 4 is 44.7 Å². The average Bonchev–Trinajstić information content (AvgIpc) is 2.93. The fourth-order valence-corrected chi connectivity index (χ4v) is 4.84. The molecule has 0 saturated carbocycles. The van der Waals surface area contributed by atoms with E-state index in [1.54, 1.807) is 18.3 Å². The van der Waals surface area contributed by atoms with Crippen LogP contribution in [0.4, 0.5) is 24.7 Å². The van der Waals surface area contributed by atoms with Gasteiger partial charge in [0.25, 0.3) is 0 Å².